The van der Waals surface area contributed by atoms with Gasteiger partial charge in [-0.15, -0.1) is 13.2 Å². The van der Waals surface area contributed by atoms with Crippen molar-refractivity contribution in [3.8, 4) is 5.75 Å². The van der Waals surface area contributed by atoms with E-state index in [9.17, 15) is 31.7 Å². The van der Waals surface area contributed by atoms with Crippen LogP contribution in [0, 0.1) is 10.1 Å². The van der Waals surface area contributed by atoms with Crippen molar-refractivity contribution in [1.29, 1.82) is 0 Å². The van der Waals surface area contributed by atoms with Gasteiger partial charge in [0.05, 0.1) is 9.82 Å². The lowest BCUT2D eigenvalue weighted by Crippen LogP contribution is -2.29. The molecule has 0 amide bonds. The van der Waals surface area contributed by atoms with E-state index >= 15 is 0 Å². The Morgan fingerprint density at radius 3 is 2.26 bits per heavy atom. The number of hydrogen-bond donors (Lipinski definition) is 0. The molecule has 0 aliphatic carbocycles. The van der Waals surface area contributed by atoms with Gasteiger partial charge in [0.2, 0.25) is 10.0 Å². The fourth-order valence-corrected chi connectivity index (χ4v) is 3.65. The molecule has 7 nitrogen and oxygen atoms in total. The van der Waals surface area contributed by atoms with Gasteiger partial charge in [-0.2, -0.15) is 4.31 Å². The number of benzene rings is 2. The molecular formula is C16H15F3N2O5S. The van der Waals surface area contributed by atoms with E-state index in [0.29, 0.717) is 5.56 Å². The second-order valence-electron chi connectivity index (χ2n) is 5.57. The topological polar surface area (TPSA) is 89.8 Å². The Kier molecular flexibility index (Phi) is 5.76. The highest BCUT2D eigenvalue weighted by Crippen LogP contribution is 2.29. The van der Waals surface area contributed by atoms with Gasteiger partial charge in [-0.3, -0.25) is 10.1 Å². The molecule has 11 heteroatoms. The molecule has 0 bridgehead atoms. The number of rotatable bonds is 6. The highest BCUT2D eigenvalue weighted by atomic mass is 32.2. The van der Waals surface area contributed by atoms with Crippen LogP contribution in [0.25, 0.3) is 0 Å². The molecular weight excluding hydrogens is 389 g/mol. The quantitative estimate of drug-likeness (QED) is 0.539. The molecule has 0 aliphatic rings. The van der Waals surface area contributed by atoms with Crippen LogP contribution in [0.5, 0.6) is 5.75 Å². The van der Waals surface area contributed by atoms with Crippen LogP contribution in [-0.2, 0) is 10.0 Å². The summed E-state index contributed by atoms with van der Waals surface area (Å²) in [6, 6.07) is 8.55. The Morgan fingerprint density at radius 2 is 1.74 bits per heavy atom. The standard InChI is InChI=1S/C16H15F3N2O5S/c1-11(12-4-3-5-13(10-12)21(22)23)20(2)27(24,25)15-8-6-14(7-9-15)26-16(17,18)19/h3-11H,1-2H3. The molecule has 27 heavy (non-hydrogen) atoms. The zero-order chi connectivity index (χ0) is 20.4. The maximum atomic E-state index is 12.7. The molecule has 146 valence electrons. The summed E-state index contributed by atoms with van der Waals surface area (Å²) in [5, 5.41) is 10.9. The highest BCUT2D eigenvalue weighted by Gasteiger charge is 2.32. The van der Waals surface area contributed by atoms with Crippen molar-refractivity contribution < 1.29 is 31.2 Å². The first-order valence-electron chi connectivity index (χ1n) is 7.50. The third-order valence-electron chi connectivity index (χ3n) is 3.84. The van der Waals surface area contributed by atoms with Gasteiger partial charge in [0.1, 0.15) is 5.75 Å². The predicted molar refractivity (Wildman–Crippen MR) is 89.6 cm³/mol. The lowest BCUT2D eigenvalue weighted by atomic mass is 10.1. The monoisotopic (exact) mass is 404 g/mol. The van der Waals surface area contributed by atoms with Crippen molar-refractivity contribution in [1.82, 2.24) is 4.31 Å². The average molecular weight is 404 g/mol. The van der Waals surface area contributed by atoms with Crippen LogP contribution in [0.15, 0.2) is 53.4 Å². The van der Waals surface area contributed by atoms with Gasteiger partial charge in [0.25, 0.3) is 5.69 Å². The summed E-state index contributed by atoms with van der Waals surface area (Å²) in [4.78, 5) is 10.0. The Morgan fingerprint density at radius 1 is 1.15 bits per heavy atom. The van der Waals surface area contributed by atoms with E-state index in [1.165, 1.54) is 32.2 Å². The minimum Gasteiger partial charge on any atom is -0.406 e. The first-order chi connectivity index (χ1) is 12.4. The Balaban J connectivity index is 2.27. The number of nitro benzene ring substituents is 1. The van der Waals surface area contributed by atoms with E-state index in [2.05, 4.69) is 4.74 Å². The van der Waals surface area contributed by atoms with E-state index in [4.69, 9.17) is 0 Å². The molecule has 0 saturated heterocycles. The van der Waals surface area contributed by atoms with Crippen molar-refractivity contribution in [3.05, 3.63) is 64.2 Å². The molecule has 0 radical (unpaired) electrons. The number of non-ortho nitro benzene ring substituents is 1. The van der Waals surface area contributed by atoms with Crippen molar-refractivity contribution in [2.45, 2.75) is 24.2 Å². The SMILES string of the molecule is CC(c1cccc([N+](=O)[O-])c1)N(C)S(=O)(=O)c1ccc(OC(F)(F)F)cc1. The Bertz CT molecular complexity index is 930. The molecule has 2 rings (SSSR count). The van der Waals surface area contributed by atoms with E-state index in [1.807, 2.05) is 0 Å². The van der Waals surface area contributed by atoms with Gasteiger partial charge >= 0.3 is 6.36 Å². The number of nitrogens with zero attached hydrogens (tertiary/aromatic N) is 2. The molecule has 0 N–H and O–H groups in total. The van der Waals surface area contributed by atoms with E-state index < -0.39 is 33.1 Å². The third kappa shape index (κ3) is 4.95. The minimum absolute atomic E-state index is 0.182. The van der Waals surface area contributed by atoms with Crippen LogP contribution in [0.1, 0.15) is 18.5 Å². The molecule has 2 aromatic carbocycles. The second-order valence-corrected chi connectivity index (χ2v) is 7.57. The number of alkyl halides is 3. The van der Waals surface area contributed by atoms with Gasteiger partial charge in [0.15, 0.2) is 0 Å². The maximum absolute atomic E-state index is 12.7. The van der Waals surface area contributed by atoms with Gasteiger partial charge in [0, 0.05) is 25.2 Å². The zero-order valence-electron chi connectivity index (χ0n) is 14.2. The minimum atomic E-state index is -4.88. The van der Waals surface area contributed by atoms with Crippen LogP contribution in [-0.4, -0.2) is 31.1 Å². The third-order valence-corrected chi connectivity index (χ3v) is 5.79. The first kappa shape index (κ1) is 20.6. The zero-order valence-corrected chi connectivity index (χ0v) is 15.0. The van der Waals surface area contributed by atoms with Gasteiger partial charge in [-0.25, -0.2) is 8.42 Å². The summed E-state index contributed by atoms with van der Waals surface area (Å²) in [6.07, 6.45) is -4.88. The summed E-state index contributed by atoms with van der Waals surface area (Å²) in [6.45, 7) is 1.54. The number of hydrogen-bond acceptors (Lipinski definition) is 5. The van der Waals surface area contributed by atoms with Gasteiger partial charge in [-0.05, 0) is 36.8 Å². The summed E-state index contributed by atoms with van der Waals surface area (Å²) >= 11 is 0. The molecule has 0 aromatic heterocycles. The number of sulfonamides is 1. The molecule has 2 aromatic rings. The molecule has 0 spiro atoms. The summed E-state index contributed by atoms with van der Waals surface area (Å²) in [5.74, 6) is -0.546. The van der Waals surface area contributed by atoms with Crippen molar-refractivity contribution in [2.24, 2.45) is 0 Å². The van der Waals surface area contributed by atoms with E-state index in [1.54, 1.807) is 6.07 Å². The largest absolute Gasteiger partial charge is 0.573 e. The normalized spacial score (nSPS) is 13.4. The lowest BCUT2D eigenvalue weighted by molar-refractivity contribution is -0.384. The van der Waals surface area contributed by atoms with Gasteiger partial charge in [-0.1, -0.05) is 12.1 Å². The van der Waals surface area contributed by atoms with Crippen LogP contribution >= 0.6 is 0 Å². The molecule has 0 fully saturated rings. The average Bonchev–Trinajstić information content (AvgIpc) is 2.59. The molecule has 0 heterocycles. The summed E-state index contributed by atoms with van der Waals surface area (Å²) in [5.41, 5.74) is 0.214. The van der Waals surface area contributed by atoms with E-state index in [-0.39, 0.29) is 10.6 Å². The van der Waals surface area contributed by atoms with Crippen LogP contribution < -0.4 is 4.74 Å². The van der Waals surface area contributed by atoms with Crippen LogP contribution in [0.3, 0.4) is 0 Å². The van der Waals surface area contributed by atoms with Crippen LogP contribution in [0.2, 0.25) is 0 Å². The van der Waals surface area contributed by atoms with Gasteiger partial charge < -0.3 is 4.74 Å². The second kappa shape index (κ2) is 7.53. The van der Waals surface area contributed by atoms with Crippen molar-refractivity contribution in [2.75, 3.05) is 7.05 Å². The van der Waals surface area contributed by atoms with Crippen molar-refractivity contribution >= 4 is 15.7 Å². The first-order valence-corrected chi connectivity index (χ1v) is 8.94. The molecule has 0 saturated carbocycles. The molecule has 1 atom stereocenters. The Labute approximate surface area is 153 Å². The Hall–Kier alpha value is -2.66. The number of ether oxygens (including phenoxy) is 1. The number of halogens is 3. The van der Waals surface area contributed by atoms with E-state index in [0.717, 1.165) is 28.6 Å². The smallest absolute Gasteiger partial charge is 0.406 e. The number of nitro groups is 1. The summed E-state index contributed by atoms with van der Waals surface area (Å²) in [7, 11) is -2.78. The summed E-state index contributed by atoms with van der Waals surface area (Å²) < 4.78 is 66.6. The lowest BCUT2D eigenvalue weighted by Gasteiger charge is -2.24. The van der Waals surface area contributed by atoms with Crippen molar-refractivity contribution in [3.63, 3.8) is 0 Å². The highest BCUT2D eigenvalue weighted by molar-refractivity contribution is 7.89. The predicted octanol–water partition coefficient (Wildman–Crippen LogP) is 3.88. The van der Waals surface area contributed by atoms with Crippen LogP contribution in [0.4, 0.5) is 18.9 Å². The fourth-order valence-electron chi connectivity index (χ4n) is 2.30. The fraction of sp³-hybridized carbons (Fsp3) is 0.250. The molecule has 1 unspecified atom stereocenters. The maximum Gasteiger partial charge on any atom is 0.573 e. The molecule has 0 aliphatic heterocycles.